The molecule has 2 aliphatic heterocycles. The number of aromatic nitrogens is 1. The summed E-state index contributed by atoms with van der Waals surface area (Å²) in [4.78, 5) is 4.43. The van der Waals surface area contributed by atoms with Crippen LogP contribution in [0.2, 0.25) is 0 Å². The van der Waals surface area contributed by atoms with Crippen LogP contribution in [0.25, 0.3) is 44.5 Å². The van der Waals surface area contributed by atoms with Gasteiger partial charge in [0.05, 0.1) is 11.4 Å². The molecule has 3 heterocycles. The van der Waals surface area contributed by atoms with Gasteiger partial charge in [0.25, 0.3) is 0 Å². The third-order valence-corrected chi connectivity index (χ3v) is 11.2. The van der Waals surface area contributed by atoms with Gasteiger partial charge in [0, 0.05) is 39.7 Å². The number of hydrogen-bond donors (Lipinski definition) is 0. The monoisotopic (exact) mass is 532 g/mol. The quantitative estimate of drug-likeness (QED) is 0.209. The van der Waals surface area contributed by atoms with Crippen LogP contribution >= 0.6 is 7.29 Å². The fourth-order valence-corrected chi connectivity index (χ4v) is 9.55. The molecule has 0 radical (unpaired) electrons. The Kier molecular flexibility index (Phi) is 5.01. The summed E-state index contributed by atoms with van der Waals surface area (Å²) in [5, 5.41) is 1.77. The van der Waals surface area contributed by atoms with Gasteiger partial charge in [0.2, 0.25) is 7.29 Å². The summed E-state index contributed by atoms with van der Waals surface area (Å²) >= 11 is 0. The van der Waals surface area contributed by atoms with Gasteiger partial charge in [0.1, 0.15) is 0 Å². The maximum atomic E-state index is 15.7. The van der Waals surface area contributed by atoms with Gasteiger partial charge in [-0.15, -0.1) is 0 Å². The molecular formula is C36H25N2OP. The first-order valence-electron chi connectivity index (χ1n) is 13.5. The summed E-state index contributed by atoms with van der Waals surface area (Å²) in [6, 6.07) is 42.1. The molecule has 5 aromatic carbocycles. The van der Waals surface area contributed by atoms with E-state index >= 15 is 4.57 Å². The van der Waals surface area contributed by atoms with Crippen molar-refractivity contribution in [2.45, 2.75) is 6.92 Å². The minimum Gasteiger partial charge on any atom is -0.289 e. The van der Waals surface area contributed by atoms with Gasteiger partial charge in [0.15, 0.2) is 0 Å². The standard InChI is InChI=1S/C36H25N2OP/c1-24-19-28(23-37-22-24)27-16-18-34-32(21-27)30-12-6-8-14-36(30)40(39)35-13-7-5-11-29(35)31-20-26(15-17-33(31)38(34)40)25-9-3-2-4-10-25/h2-23H,1H3. The minimum atomic E-state index is -3.22. The van der Waals surface area contributed by atoms with E-state index in [1.165, 1.54) is 0 Å². The molecule has 1 aromatic heterocycles. The lowest BCUT2D eigenvalue weighted by Crippen LogP contribution is -2.37. The van der Waals surface area contributed by atoms with Crippen LogP contribution in [0.15, 0.2) is 134 Å². The van der Waals surface area contributed by atoms with Crippen molar-refractivity contribution in [2.75, 3.05) is 4.67 Å². The van der Waals surface area contributed by atoms with Gasteiger partial charge in [-0.05, 0) is 82.8 Å². The van der Waals surface area contributed by atoms with Crippen molar-refractivity contribution in [1.29, 1.82) is 0 Å². The molecule has 0 amide bonds. The van der Waals surface area contributed by atoms with Crippen molar-refractivity contribution in [2.24, 2.45) is 0 Å². The molecule has 0 N–H and O–H groups in total. The number of benzene rings is 5. The number of anilines is 2. The van der Waals surface area contributed by atoms with Gasteiger partial charge in [-0.1, -0.05) is 78.9 Å². The Hall–Kier alpha value is -4.72. The fraction of sp³-hybridized carbons (Fsp3) is 0.0278. The van der Waals surface area contributed by atoms with Crippen LogP contribution < -0.4 is 15.3 Å². The number of fused-ring (bicyclic) bond motifs is 11. The van der Waals surface area contributed by atoms with E-state index in [1.807, 2.05) is 48.8 Å². The second-order valence-corrected chi connectivity index (χ2v) is 13.0. The predicted molar refractivity (Wildman–Crippen MR) is 166 cm³/mol. The molecular weight excluding hydrogens is 507 g/mol. The Morgan fingerprint density at radius 1 is 0.525 bits per heavy atom. The maximum Gasteiger partial charge on any atom is 0.235 e. The second kappa shape index (κ2) is 8.64. The smallest absolute Gasteiger partial charge is 0.235 e. The molecule has 0 fully saturated rings. The van der Waals surface area contributed by atoms with Gasteiger partial charge < -0.3 is 0 Å². The topological polar surface area (TPSA) is 33.2 Å². The molecule has 190 valence electrons. The first-order valence-corrected chi connectivity index (χ1v) is 15.1. The van der Waals surface area contributed by atoms with Crippen molar-refractivity contribution in [3.63, 3.8) is 0 Å². The normalized spacial score (nSPS) is 16.3. The zero-order valence-corrected chi connectivity index (χ0v) is 22.8. The summed E-state index contributed by atoms with van der Waals surface area (Å²) in [5.41, 5.74) is 11.8. The Balaban J connectivity index is 1.42. The average Bonchev–Trinajstić information content (AvgIpc) is 3.01. The molecule has 1 atom stereocenters. The second-order valence-electron chi connectivity index (χ2n) is 10.5. The van der Waals surface area contributed by atoms with Crippen LogP contribution in [0.5, 0.6) is 0 Å². The van der Waals surface area contributed by atoms with Gasteiger partial charge in [-0.3, -0.25) is 14.2 Å². The Bertz CT molecular complexity index is 2010. The molecule has 8 rings (SSSR count). The molecule has 0 aliphatic carbocycles. The van der Waals surface area contributed by atoms with Crippen LogP contribution in [0.1, 0.15) is 5.56 Å². The third-order valence-electron chi connectivity index (χ3n) is 8.09. The van der Waals surface area contributed by atoms with E-state index in [1.54, 1.807) is 0 Å². The highest BCUT2D eigenvalue weighted by Gasteiger charge is 2.47. The van der Waals surface area contributed by atoms with Crippen molar-refractivity contribution >= 4 is 29.3 Å². The summed E-state index contributed by atoms with van der Waals surface area (Å²) in [7, 11) is -3.22. The predicted octanol–water partition coefficient (Wildman–Crippen LogP) is 8.75. The first-order chi connectivity index (χ1) is 19.6. The lowest BCUT2D eigenvalue weighted by Gasteiger charge is -2.44. The zero-order chi connectivity index (χ0) is 26.8. The van der Waals surface area contributed by atoms with Crippen molar-refractivity contribution in [3.05, 3.63) is 139 Å². The summed E-state index contributed by atoms with van der Waals surface area (Å²) in [6.45, 7) is 2.06. The molecule has 2 aliphatic rings. The Morgan fingerprint density at radius 2 is 1.07 bits per heavy atom. The highest BCUT2D eigenvalue weighted by atomic mass is 31.2. The van der Waals surface area contributed by atoms with Crippen LogP contribution in [-0.4, -0.2) is 4.98 Å². The van der Waals surface area contributed by atoms with Crippen LogP contribution in [0, 0.1) is 6.92 Å². The summed E-state index contributed by atoms with van der Waals surface area (Å²) in [6.07, 6.45) is 3.78. The van der Waals surface area contributed by atoms with Crippen molar-refractivity contribution in [3.8, 4) is 44.5 Å². The van der Waals surface area contributed by atoms with E-state index in [-0.39, 0.29) is 0 Å². The lowest BCUT2D eigenvalue weighted by atomic mass is 9.95. The molecule has 0 saturated carbocycles. The number of rotatable bonds is 2. The molecule has 40 heavy (non-hydrogen) atoms. The molecule has 3 nitrogen and oxygen atoms in total. The third kappa shape index (κ3) is 3.25. The molecule has 0 saturated heterocycles. The van der Waals surface area contributed by atoms with Crippen LogP contribution in [0.3, 0.4) is 0 Å². The molecule has 1 unspecified atom stereocenters. The highest BCUT2D eigenvalue weighted by Crippen LogP contribution is 2.66. The van der Waals surface area contributed by atoms with Gasteiger partial charge >= 0.3 is 0 Å². The van der Waals surface area contributed by atoms with Crippen LogP contribution in [-0.2, 0) is 4.57 Å². The fourth-order valence-electron chi connectivity index (χ4n) is 6.29. The number of pyridine rings is 1. The molecule has 0 spiro atoms. The van der Waals surface area contributed by atoms with Crippen molar-refractivity contribution < 1.29 is 4.57 Å². The summed E-state index contributed by atoms with van der Waals surface area (Å²) < 4.78 is 17.8. The minimum absolute atomic E-state index is 0.882. The van der Waals surface area contributed by atoms with Gasteiger partial charge in [-0.25, -0.2) is 0 Å². The van der Waals surface area contributed by atoms with E-state index in [2.05, 4.69) is 102 Å². The molecule has 0 bridgehead atoms. The first kappa shape index (κ1) is 23.2. The molecule has 4 heteroatoms. The zero-order valence-electron chi connectivity index (χ0n) is 22.0. The lowest BCUT2D eigenvalue weighted by molar-refractivity contribution is 0.586. The van der Waals surface area contributed by atoms with E-state index < -0.39 is 7.29 Å². The average molecular weight is 533 g/mol. The number of aryl methyl sites for hydroxylation is 1. The maximum absolute atomic E-state index is 15.7. The summed E-state index contributed by atoms with van der Waals surface area (Å²) in [5.74, 6) is 0. The largest absolute Gasteiger partial charge is 0.289 e. The molecule has 6 aromatic rings. The van der Waals surface area contributed by atoms with E-state index in [0.717, 1.165) is 72.1 Å². The van der Waals surface area contributed by atoms with E-state index in [0.29, 0.717) is 0 Å². The van der Waals surface area contributed by atoms with Gasteiger partial charge in [-0.2, -0.15) is 0 Å². The highest BCUT2D eigenvalue weighted by molar-refractivity contribution is 7.81. The van der Waals surface area contributed by atoms with E-state index in [4.69, 9.17) is 0 Å². The van der Waals surface area contributed by atoms with E-state index in [9.17, 15) is 0 Å². The SMILES string of the molecule is Cc1cncc(-c2ccc3c(c2)-c2ccccc2P2(=O)c4ccccc4-c4cc(-c5ccccc5)ccc4N32)c1. The number of hydrogen-bond acceptors (Lipinski definition) is 2. The van der Waals surface area contributed by atoms with Crippen LogP contribution in [0.4, 0.5) is 11.4 Å². The Labute approximate surface area is 233 Å². The van der Waals surface area contributed by atoms with Crippen molar-refractivity contribution in [1.82, 2.24) is 4.98 Å². The number of nitrogens with zero attached hydrogens (tertiary/aromatic N) is 2. The Morgan fingerprint density at radius 3 is 1.68 bits per heavy atom.